The zero-order valence-corrected chi connectivity index (χ0v) is 19.5. The smallest absolute Gasteiger partial charge is 0.335 e. The average molecular weight is 442 g/mol. The number of carboxylic acids is 1. The normalized spacial score (nSPS) is 44.1. The van der Waals surface area contributed by atoms with Crippen molar-refractivity contribution in [3.05, 3.63) is 42.0 Å². The van der Waals surface area contributed by atoms with Gasteiger partial charge in [0.1, 0.15) is 0 Å². The quantitative estimate of drug-likeness (QED) is 0.561. The molecule has 0 spiro atoms. The van der Waals surface area contributed by atoms with Gasteiger partial charge in [-0.05, 0) is 141 Å². The highest BCUT2D eigenvalue weighted by atomic mass is 16.4. The van der Waals surface area contributed by atoms with E-state index in [-0.39, 0.29) is 0 Å². The van der Waals surface area contributed by atoms with Gasteiger partial charge < -0.3 is 10.0 Å². The summed E-state index contributed by atoms with van der Waals surface area (Å²) in [7, 11) is 0. The molecule has 0 aromatic heterocycles. The molecule has 3 heteroatoms. The number of benzene rings is 2. The van der Waals surface area contributed by atoms with Crippen molar-refractivity contribution < 1.29 is 9.90 Å². The lowest BCUT2D eigenvalue weighted by atomic mass is 9.51. The van der Waals surface area contributed by atoms with Crippen LogP contribution in [0.2, 0.25) is 0 Å². The Morgan fingerprint density at radius 1 is 0.697 bits per heavy atom. The molecule has 8 bridgehead atoms. The Morgan fingerprint density at radius 2 is 1.21 bits per heavy atom. The maximum Gasteiger partial charge on any atom is 0.335 e. The second-order valence-electron chi connectivity index (χ2n) is 13.2. The molecule has 8 fully saturated rings. The number of carboxylic acid groups (broad SMARTS) is 1. The van der Waals surface area contributed by atoms with E-state index in [9.17, 15) is 9.90 Å². The van der Waals surface area contributed by atoms with Crippen LogP contribution in [0.25, 0.3) is 10.8 Å². The molecule has 0 aliphatic heterocycles. The summed E-state index contributed by atoms with van der Waals surface area (Å²) >= 11 is 0. The highest BCUT2D eigenvalue weighted by Crippen LogP contribution is 2.67. The molecule has 2 aromatic carbocycles. The molecule has 2 aromatic rings. The van der Waals surface area contributed by atoms with Crippen molar-refractivity contribution >= 4 is 22.4 Å². The van der Waals surface area contributed by atoms with Gasteiger partial charge in [0.05, 0.1) is 5.56 Å². The molecular formula is C30H35NO2. The highest BCUT2D eigenvalue weighted by molar-refractivity contribution is 5.95. The van der Waals surface area contributed by atoms with Gasteiger partial charge in [0.15, 0.2) is 0 Å². The van der Waals surface area contributed by atoms with E-state index >= 15 is 0 Å². The molecule has 0 radical (unpaired) electrons. The summed E-state index contributed by atoms with van der Waals surface area (Å²) in [4.78, 5) is 14.6. The van der Waals surface area contributed by atoms with E-state index in [4.69, 9.17) is 0 Å². The van der Waals surface area contributed by atoms with Crippen LogP contribution in [0.3, 0.4) is 0 Å². The number of rotatable bonds is 4. The summed E-state index contributed by atoms with van der Waals surface area (Å²) in [6, 6.07) is 12.6. The molecule has 2 atom stereocenters. The van der Waals surface area contributed by atoms with Crippen LogP contribution in [-0.2, 0) is 0 Å². The summed E-state index contributed by atoms with van der Waals surface area (Å²) in [6.07, 6.45) is 16.0. The number of aromatic carboxylic acids is 1. The van der Waals surface area contributed by atoms with Crippen LogP contribution in [0.5, 0.6) is 0 Å². The van der Waals surface area contributed by atoms with E-state index in [1.54, 1.807) is 6.07 Å². The molecule has 8 aliphatic carbocycles. The third kappa shape index (κ3) is 2.66. The van der Waals surface area contributed by atoms with E-state index in [1.165, 1.54) is 81.7 Å². The largest absolute Gasteiger partial charge is 0.478 e. The van der Waals surface area contributed by atoms with Crippen LogP contribution < -0.4 is 4.90 Å². The van der Waals surface area contributed by atoms with E-state index in [0.717, 1.165) is 40.9 Å². The first kappa shape index (κ1) is 19.3. The van der Waals surface area contributed by atoms with Crippen molar-refractivity contribution in [3.63, 3.8) is 0 Å². The van der Waals surface area contributed by atoms with Crippen LogP contribution in [0.15, 0.2) is 36.4 Å². The van der Waals surface area contributed by atoms with Gasteiger partial charge in [-0.25, -0.2) is 4.79 Å². The van der Waals surface area contributed by atoms with Crippen LogP contribution >= 0.6 is 0 Å². The molecule has 0 amide bonds. The minimum absolute atomic E-state index is 0.363. The van der Waals surface area contributed by atoms with Gasteiger partial charge in [-0.2, -0.15) is 0 Å². The second kappa shape index (κ2) is 6.34. The van der Waals surface area contributed by atoms with Gasteiger partial charge in [-0.3, -0.25) is 0 Å². The second-order valence-corrected chi connectivity index (χ2v) is 13.2. The van der Waals surface area contributed by atoms with Crippen molar-refractivity contribution in [1.29, 1.82) is 0 Å². The molecule has 33 heavy (non-hydrogen) atoms. The fraction of sp³-hybridized carbons (Fsp3) is 0.633. The Labute approximate surface area is 196 Å². The SMILES string of the molecule is O=C(O)c1ccc2cc(N(C34CC5CC(CC(C5)C3)C4)C34CC5CC(C3)C(C5)C4)ccc2c1. The lowest BCUT2D eigenvalue weighted by molar-refractivity contribution is -0.0200. The minimum Gasteiger partial charge on any atom is -0.478 e. The van der Waals surface area contributed by atoms with E-state index in [1.807, 2.05) is 12.1 Å². The molecule has 2 unspecified atom stereocenters. The molecule has 0 saturated heterocycles. The van der Waals surface area contributed by atoms with Crippen molar-refractivity contribution in [2.24, 2.45) is 35.5 Å². The summed E-state index contributed by atoms with van der Waals surface area (Å²) in [5, 5.41) is 11.7. The van der Waals surface area contributed by atoms with Crippen LogP contribution in [0.4, 0.5) is 5.69 Å². The predicted molar refractivity (Wildman–Crippen MR) is 131 cm³/mol. The van der Waals surface area contributed by atoms with E-state index < -0.39 is 5.97 Å². The maximum atomic E-state index is 11.5. The lowest BCUT2D eigenvalue weighted by Crippen LogP contribution is -2.67. The van der Waals surface area contributed by atoms with Gasteiger partial charge in [0, 0.05) is 16.8 Å². The molecule has 8 saturated carbocycles. The summed E-state index contributed by atoms with van der Waals surface area (Å²) in [5.41, 5.74) is 2.56. The van der Waals surface area contributed by atoms with Crippen LogP contribution in [0, 0.1) is 35.5 Å². The van der Waals surface area contributed by atoms with Gasteiger partial charge in [-0.1, -0.05) is 12.1 Å². The predicted octanol–water partition coefficient (Wildman–Crippen LogP) is 6.89. The van der Waals surface area contributed by atoms with Crippen molar-refractivity contribution in [2.45, 2.75) is 81.7 Å². The molecule has 3 nitrogen and oxygen atoms in total. The number of carbonyl (C=O) groups is 1. The first-order chi connectivity index (χ1) is 16.0. The number of fused-ring (bicyclic) bond motifs is 1. The summed E-state index contributed by atoms with van der Waals surface area (Å²) in [6.45, 7) is 0. The molecule has 10 rings (SSSR count). The third-order valence-corrected chi connectivity index (χ3v) is 11.2. The monoisotopic (exact) mass is 441 g/mol. The Balaban J connectivity index is 1.28. The molecule has 172 valence electrons. The molecule has 1 N–H and O–H groups in total. The Kier molecular flexibility index (Phi) is 3.71. The standard InChI is InChI=1S/C30H35NO2/c32-28(33)24-2-1-23-11-27(4-3-22(23)10-24)31(30-15-21-8-25(16-30)26(9-21)17-30)29-12-18-5-19(13-29)7-20(6-18)14-29/h1-4,10-11,18-21,25-26H,5-9,12-17H2,(H,32,33). The van der Waals surface area contributed by atoms with Gasteiger partial charge in [0.25, 0.3) is 0 Å². The lowest BCUT2D eigenvalue weighted by Gasteiger charge is -2.66. The Bertz CT molecular complexity index is 1110. The van der Waals surface area contributed by atoms with Gasteiger partial charge in [0.2, 0.25) is 0 Å². The Hall–Kier alpha value is -2.03. The number of anilines is 1. The molecule has 8 aliphatic rings. The molecular weight excluding hydrogens is 406 g/mol. The van der Waals surface area contributed by atoms with Crippen molar-refractivity contribution in [3.8, 4) is 0 Å². The van der Waals surface area contributed by atoms with Gasteiger partial charge in [-0.15, -0.1) is 0 Å². The number of hydrogen-bond donors (Lipinski definition) is 1. The first-order valence-electron chi connectivity index (χ1n) is 13.6. The zero-order valence-electron chi connectivity index (χ0n) is 19.5. The fourth-order valence-corrected chi connectivity index (χ4v) is 10.9. The minimum atomic E-state index is -0.839. The zero-order chi connectivity index (χ0) is 21.9. The van der Waals surface area contributed by atoms with E-state index in [2.05, 4.69) is 23.1 Å². The van der Waals surface area contributed by atoms with Crippen LogP contribution in [-0.4, -0.2) is 22.2 Å². The first-order valence-corrected chi connectivity index (χ1v) is 13.6. The maximum absolute atomic E-state index is 11.5. The highest BCUT2D eigenvalue weighted by Gasteiger charge is 2.64. The number of hydrogen-bond acceptors (Lipinski definition) is 2. The topological polar surface area (TPSA) is 40.5 Å². The average Bonchev–Trinajstić information content (AvgIpc) is 3.18. The fourth-order valence-electron chi connectivity index (χ4n) is 10.9. The van der Waals surface area contributed by atoms with Gasteiger partial charge >= 0.3 is 5.97 Å². The van der Waals surface area contributed by atoms with Crippen LogP contribution in [0.1, 0.15) is 81.0 Å². The van der Waals surface area contributed by atoms with E-state index in [0.29, 0.717) is 16.6 Å². The van der Waals surface area contributed by atoms with Crippen molar-refractivity contribution in [1.82, 2.24) is 0 Å². The summed E-state index contributed by atoms with van der Waals surface area (Å²) in [5.74, 6) is 4.90. The molecule has 0 heterocycles. The third-order valence-electron chi connectivity index (χ3n) is 11.2. The van der Waals surface area contributed by atoms with Crippen molar-refractivity contribution in [2.75, 3.05) is 4.90 Å². The summed E-state index contributed by atoms with van der Waals surface area (Å²) < 4.78 is 0. The Morgan fingerprint density at radius 3 is 1.79 bits per heavy atom. The number of nitrogens with zero attached hydrogens (tertiary/aromatic N) is 1.